The maximum atomic E-state index is 13.5. The van der Waals surface area contributed by atoms with Crippen molar-refractivity contribution in [3.63, 3.8) is 0 Å². The lowest BCUT2D eigenvalue weighted by Crippen LogP contribution is -2.68. The molecular formula is C22H30N6O3. The van der Waals surface area contributed by atoms with E-state index in [0.717, 1.165) is 25.8 Å². The minimum absolute atomic E-state index is 0.0628. The summed E-state index contributed by atoms with van der Waals surface area (Å²) >= 11 is 0. The summed E-state index contributed by atoms with van der Waals surface area (Å²) in [6.07, 6.45) is 9.12. The molecule has 5 rings (SSSR count). The first kappa shape index (κ1) is 20.2. The van der Waals surface area contributed by atoms with Crippen molar-refractivity contribution in [2.24, 2.45) is 18.9 Å². The van der Waals surface area contributed by atoms with Crippen molar-refractivity contribution in [3.05, 3.63) is 24.4 Å². The first-order chi connectivity index (χ1) is 15.0. The zero-order valence-electron chi connectivity index (χ0n) is 17.9. The fourth-order valence-corrected chi connectivity index (χ4v) is 5.91. The highest BCUT2D eigenvalue weighted by Gasteiger charge is 2.52. The summed E-state index contributed by atoms with van der Waals surface area (Å²) in [5.41, 5.74) is 0. The van der Waals surface area contributed by atoms with Crippen molar-refractivity contribution in [2.75, 3.05) is 38.0 Å². The number of anilines is 1. The van der Waals surface area contributed by atoms with Crippen molar-refractivity contribution in [3.8, 4) is 0 Å². The number of nitrogens with zero attached hydrogens (tertiary/aromatic N) is 5. The molecule has 4 aliphatic heterocycles. The average Bonchev–Trinajstić information content (AvgIpc) is 3.40. The number of hydrogen-bond acceptors (Lipinski definition) is 5. The van der Waals surface area contributed by atoms with E-state index in [-0.39, 0.29) is 36.2 Å². The van der Waals surface area contributed by atoms with Gasteiger partial charge < -0.3 is 15.1 Å². The largest absolute Gasteiger partial charge is 0.333 e. The molecule has 1 aromatic rings. The van der Waals surface area contributed by atoms with E-state index in [1.54, 1.807) is 16.9 Å². The number of carbonyl (C=O) groups excluding carboxylic acids is 3. The van der Waals surface area contributed by atoms with Crippen LogP contribution in [0.25, 0.3) is 0 Å². The summed E-state index contributed by atoms with van der Waals surface area (Å²) in [7, 11) is 1.81. The molecule has 9 heteroatoms. The Hall–Kier alpha value is -2.68. The molecule has 0 unspecified atom stereocenters. The van der Waals surface area contributed by atoms with Gasteiger partial charge in [0.05, 0.1) is 6.54 Å². The Balaban J connectivity index is 1.33. The summed E-state index contributed by atoms with van der Waals surface area (Å²) in [5, 5.41) is 7.07. The minimum atomic E-state index is -0.407. The molecule has 4 atom stereocenters. The molecule has 1 N–H and O–H groups in total. The molecular weight excluding hydrogens is 396 g/mol. The van der Waals surface area contributed by atoms with E-state index in [1.165, 1.54) is 0 Å². The van der Waals surface area contributed by atoms with E-state index >= 15 is 0 Å². The van der Waals surface area contributed by atoms with Crippen molar-refractivity contribution in [2.45, 2.75) is 37.8 Å². The van der Waals surface area contributed by atoms with Gasteiger partial charge in [0.15, 0.2) is 5.82 Å². The third-order valence-electron chi connectivity index (χ3n) is 7.15. The predicted octanol–water partition coefficient (Wildman–Crippen LogP) is 0.458. The van der Waals surface area contributed by atoms with Crippen LogP contribution in [0.15, 0.2) is 24.4 Å². The molecule has 2 bridgehead atoms. The summed E-state index contributed by atoms with van der Waals surface area (Å²) in [6, 6.07) is 1.46. The zero-order valence-corrected chi connectivity index (χ0v) is 17.9. The molecule has 0 saturated carbocycles. The maximum Gasteiger partial charge on any atom is 0.246 e. The number of amides is 3. The van der Waals surface area contributed by atoms with Crippen LogP contribution in [0.4, 0.5) is 5.82 Å². The molecule has 3 amide bonds. The van der Waals surface area contributed by atoms with E-state index in [1.807, 2.05) is 29.0 Å². The van der Waals surface area contributed by atoms with E-state index in [2.05, 4.69) is 15.3 Å². The molecule has 1 aromatic heterocycles. The number of carbonyl (C=O) groups is 3. The van der Waals surface area contributed by atoms with Gasteiger partial charge in [-0.25, -0.2) is 0 Å². The van der Waals surface area contributed by atoms with Gasteiger partial charge >= 0.3 is 0 Å². The Kier molecular flexibility index (Phi) is 5.29. The van der Waals surface area contributed by atoms with E-state index < -0.39 is 6.04 Å². The van der Waals surface area contributed by atoms with Gasteiger partial charge in [-0.1, -0.05) is 12.2 Å². The van der Waals surface area contributed by atoms with Gasteiger partial charge in [0.2, 0.25) is 17.7 Å². The minimum Gasteiger partial charge on any atom is -0.333 e. The van der Waals surface area contributed by atoms with Gasteiger partial charge in [0.25, 0.3) is 0 Å². The molecule has 0 aliphatic carbocycles. The lowest BCUT2D eigenvalue weighted by Gasteiger charge is -2.56. The van der Waals surface area contributed by atoms with Crippen LogP contribution in [-0.2, 0) is 21.4 Å². The monoisotopic (exact) mass is 426 g/mol. The van der Waals surface area contributed by atoms with Crippen molar-refractivity contribution < 1.29 is 14.4 Å². The van der Waals surface area contributed by atoms with Gasteiger partial charge in [0.1, 0.15) is 6.04 Å². The van der Waals surface area contributed by atoms with Crippen LogP contribution in [0.3, 0.4) is 0 Å². The number of fused-ring (bicyclic) bond motifs is 4. The smallest absolute Gasteiger partial charge is 0.246 e. The van der Waals surface area contributed by atoms with Crippen LogP contribution >= 0.6 is 0 Å². The quantitative estimate of drug-likeness (QED) is 0.707. The van der Waals surface area contributed by atoms with E-state index in [9.17, 15) is 14.4 Å². The summed E-state index contributed by atoms with van der Waals surface area (Å²) in [6.45, 7) is 2.95. The SMILES string of the molecule is Cn1ccc(NC(=O)CN2C[C@H]3C[C@@H](C2)[C@H](C(=O)N2CC=CC2)N2C(=O)CCC[C@@H]32)n1. The number of aryl methyl sites for hydroxylation is 1. The van der Waals surface area contributed by atoms with Gasteiger partial charge in [-0.05, 0) is 25.2 Å². The van der Waals surface area contributed by atoms with Gasteiger partial charge in [-0.15, -0.1) is 0 Å². The lowest BCUT2D eigenvalue weighted by molar-refractivity contribution is -0.164. The van der Waals surface area contributed by atoms with Crippen LogP contribution < -0.4 is 5.32 Å². The first-order valence-corrected chi connectivity index (χ1v) is 11.3. The number of hydrogen-bond donors (Lipinski definition) is 1. The molecule has 31 heavy (non-hydrogen) atoms. The zero-order chi connectivity index (χ0) is 21.5. The highest BCUT2D eigenvalue weighted by Crippen LogP contribution is 2.42. The predicted molar refractivity (Wildman–Crippen MR) is 114 cm³/mol. The Morgan fingerprint density at radius 2 is 1.97 bits per heavy atom. The number of likely N-dealkylation sites (tertiary alicyclic amines) is 1. The van der Waals surface area contributed by atoms with Crippen LogP contribution in [0, 0.1) is 11.8 Å². The van der Waals surface area contributed by atoms with Gasteiger partial charge in [0, 0.05) is 63.9 Å². The molecule has 3 fully saturated rings. The van der Waals surface area contributed by atoms with Crippen LogP contribution in [0.5, 0.6) is 0 Å². The number of nitrogens with one attached hydrogen (secondary N) is 1. The van der Waals surface area contributed by atoms with E-state index in [4.69, 9.17) is 0 Å². The molecule has 4 aliphatic rings. The van der Waals surface area contributed by atoms with Crippen molar-refractivity contribution in [1.29, 1.82) is 0 Å². The molecule has 0 radical (unpaired) electrons. The summed E-state index contributed by atoms with van der Waals surface area (Å²) in [4.78, 5) is 44.9. The molecule has 9 nitrogen and oxygen atoms in total. The second-order valence-corrected chi connectivity index (χ2v) is 9.29. The Labute approximate surface area is 182 Å². The Bertz CT molecular complexity index is 903. The third-order valence-corrected chi connectivity index (χ3v) is 7.15. The van der Waals surface area contributed by atoms with Crippen LogP contribution in [-0.4, -0.2) is 87.0 Å². The highest BCUT2D eigenvalue weighted by molar-refractivity contribution is 5.91. The topological polar surface area (TPSA) is 90.8 Å². The van der Waals surface area contributed by atoms with Gasteiger partial charge in [-0.2, -0.15) is 5.10 Å². The average molecular weight is 427 g/mol. The molecule has 0 aromatic carbocycles. The van der Waals surface area contributed by atoms with Crippen molar-refractivity contribution in [1.82, 2.24) is 24.5 Å². The Morgan fingerprint density at radius 3 is 2.71 bits per heavy atom. The Morgan fingerprint density at radius 1 is 1.19 bits per heavy atom. The molecule has 3 saturated heterocycles. The highest BCUT2D eigenvalue weighted by atomic mass is 16.2. The first-order valence-electron chi connectivity index (χ1n) is 11.3. The molecule has 0 spiro atoms. The maximum absolute atomic E-state index is 13.5. The standard InChI is InChI=1S/C22H30N6O3/c1-25-10-7-18(24-25)23-19(29)14-26-12-15-11-16(13-26)21(22(31)27-8-2-3-9-27)28-17(15)5-4-6-20(28)30/h2-3,7,10,15-17,21H,4-6,8-9,11-14H2,1H3,(H,23,24,29)/t15-,16+,17+,21-/m1/s1. The van der Waals surface area contributed by atoms with Crippen LogP contribution in [0.1, 0.15) is 25.7 Å². The number of aromatic nitrogens is 2. The second kappa shape index (κ2) is 8.11. The number of piperidine rings is 3. The molecule has 5 heterocycles. The number of rotatable bonds is 4. The normalized spacial score (nSPS) is 30.4. The fraction of sp³-hybridized carbons (Fsp3) is 0.636. The fourth-order valence-electron chi connectivity index (χ4n) is 5.91. The summed E-state index contributed by atoms with van der Waals surface area (Å²) in [5.74, 6) is 1.01. The van der Waals surface area contributed by atoms with Crippen LogP contribution in [0.2, 0.25) is 0 Å². The molecule has 166 valence electrons. The van der Waals surface area contributed by atoms with Crippen molar-refractivity contribution >= 4 is 23.5 Å². The second-order valence-electron chi connectivity index (χ2n) is 9.29. The van der Waals surface area contributed by atoms with Gasteiger partial charge in [-0.3, -0.25) is 24.0 Å². The third kappa shape index (κ3) is 3.86. The van der Waals surface area contributed by atoms with E-state index in [0.29, 0.717) is 37.8 Å². The summed E-state index contributed by atoms with van der Waals surface area (Å²) < 4.78 is 1.65. The lowest BCUT2D eigenvalue weighted by atomic mass is 9.71.